The molecule has 1 saturated carbocycles. The molecule has 1 atom stereocenters. The van der Waals surface area contributed by atoms with Crippen molar-refractivity contribution in [3.63, 3.8) is 0 Å². The summed E-state index contributed by atoms with van der Waals surface area (Å²) >= 11 is 0. The van der Waals surface area contributed by atoms with Crippen molar-refractivity contribution < 1.29 is 5.11 Å². The molecule has 2 nitrogen and oxygen atoms in total. The number of rotatable bonds is 5. The van der Waals surface area contributed by atoms with Gasteiger partial charge in [-0.2, -0.15) is 0 Å². The molecule has 0 radical (unpaired) electrons. The summed E-state index contributed by atoms with van der Waals surface area (Å²) in [5.41, 5.74) is 3.11. The Hall–Kier alpha value is -0.860. The summed E-state index contributed by atoms with van der Waals surface area (Å²) in [7, 11) is 0. The van der Waals surface area contributed by atoms with E-state index in [-0.39, 0.29) is 11.5 Å². The highest BCUT2D eigenvalue weighted by molar-refractivity contribution is 5.31. The van der Waals surface area contributed by atoms with Gasteiger partial charge in [-0.1, -0.05) is 45.0 Å². The Morgan fingerprint density at radius 1 is 1.25 bits per heavy atom. The smallest absolute Gasteiger partial charge is 0.0669 e. The predicted octanol–water partition coefficient (Wildman–Crippen LogP) is 3.63. The van der Waals surface area contributed by atoms with Crippen molar-refractivity contribution in [1.29, 1.82) is 0 Å². The van der Waals surface area contributed by atoms with Gasteiger partial charge in [-0.3, -0.25) is 0 Å². The van der Waals surface area contributed by atoms with E-state index in [4.69, 9.17) is 0 Å². The zero-order chi connectivity index (χ0) is 14.8. The average molecular weight is 275 g/mol. The molecule has 1 aliphatic rings. The molecule has 1 aliphatic carbocycles. The zero-order valence-electron chi connectivity index (χ0n) is 13.3. The number of nitrogens with one attached hydrogen (secondary N) is 1. The van der Waals surface area contributed by atoms with Crippen LogP contribution in [0.15, 0.2) is 24.3 Å². The fourth-order valence-electron chi connectivity index (χ4n) is 3.17. The Morgan fingerprint density at radius 2 is 1.90 bits per heavy atom. The van der Waals surface area contributed by atoms with Crippen molar-refractivity contribution in [2.24, 2.45) is 5.41 Å². The molecule has 1 aromatic carbocycles. The number of aliphatic hydroxyl groups excluding tert-OH is 1. The lowest BCUT2D eigenvalue weighted by Crippen LogP contribution is -2.44. The summed E-state index contributed by atoms with van der Waals surface area (Å²) in [5.74, 6) is 0.702. The van der Waals surface area contributed by atoms with Crippen LogP contribution in [0.4, 0.5) is 0 Å². The first kappa shape index (κ1) is 15.5. The highest BCUT2D eigenvalue weighted by Gasteiger charge is 2.31. The van der Waals surface area contributed by atoms with Crippen LogP contribution < -0.4 is 5.32 Å². The van der Waals surface area contributed by atoms with Crippen LogP contribution in [0.2, 0.25) is 0 Å². The SMILES string of the molecule is Cc1ccccc1C1CC(NCC(O)CC(C)(C)C)C1. The molecule has 0 heterocycles. The Balaban J connectivity index is 1.71. The molecule has 1 fully saturated rings. The van der Waals surface area contributed by atoms with E-state index in [1.54, 1.807) is 0 Å². The Bertz CT molecular complexity index is 429. The summed E-state index contributed by atoms with van der Waals surface area (Å²) < 4.78 is 0. The van der Waals surface area contributed by atoms with Crippen LogP contribution in [-0.4, -0.2) is 23.8 Å². The highest BCUT2D eigenvalue weighted by atomic mass is 16.3. The van der Waals surface area contributed by atoms with E-state index in [9.17, 15) is 5.11 Å². The molecule has 2 heteroatoms. The van der Waals surface area contributed by atoms with Gasteiger partial charge in [-0.15, -0.1) is 0 Å². The van der Waals surface area contributed by atoms with Crippen LogP contribution in [-0.2, 0) is 0 Å². The van der Waals surface area contributed by atoms with Gasteiger partial charge in [0.1, 0.15) is 0 Å². The number of aryl methyl sites for hydroxylation is 1. The van der Waals surface area contributed by atoms with Gasteiger partial charge in [0.2, 0.25) is 0 Å². The normalized spacial score (nSPS) is 24.2. The number of benzene rings is 1. The second kappa shape index (κ2) is 6.28. The molecule has 0 aromatic heterocycles. The van der Waals surface area contributed by atoms with Crippen LogP contribution in [0, 0.1) is 12.3 Å². The van der Waals surface area contributed by atoms with Gasteiger partial charge in [-0.25, -0.2) is 0 Å². The minimum atomic E-state index is -0.229. The van der Waals surface area contributed by atoms with E-state index < -0.39 is 0 Å². The van der Waals surface area contributed by atoms with Crippen molar-refractivity contribution >= 4 is 0 Å². The van der Waals surface area contributed by atoms with Crippen LogP contribution in [0.1, 0.15) is 57.1 Å². The Labute approximate surface area is 123 Å². The molecule has 20 heavy (non-hydrogen) atoms. The number of hydrogen-bond acceptors (Lipinski definition) is 2. The average Bonchev–Trinajstić information content (AvgIpc) is 2.26. The van der Waals surface area contributed by atoms with E-state index in [1.165, 1.54) is 24.0 Å². The van der Waals surface area contributed by atoms with Crippen molar-refractivity contribution in [2.75, 3.05) is 6.54 Å². The van der Waals surface area contributed by atoms with E-state index >= 15 is 0 Å². The summed E-state index contributed by atoms with van der Waals surface area (Å²) in [6, 6.07) is 9.27. The van der Waals surface area contributed by atoms with Gasteiger partial charge in [0.05, 0.1) is 6.10 Å². The third-order valence-electron chi connectivity index (χ3n) is 4.26. The molecule has 2 N–H and O–H groups in total. The second-order valence-corrected chi connectivity index (χ2v) is 7.55. The third kappa shape index (κ3) is 4.32. The Kier molecular flexibility index (Phi) is 4.87. The van der Waals surface area contributed by atoms with Gasteiger partial charge < -0.3 is 10.4 Å². The highest BCUT2D eigenvalue weighted by Crippen LogP contribution is 2.38. The maximum absolute atomic E-state index is 10.0. The maximum atomic E-state index is 10.0. The van der Waals surface area contributed by atoms with E-state index in [0.717, 1.165) is 13.0 Å². The van der Waals surface area contributed by atoms with Crippen molar-refractivity contribution in [1.82, 2.24) is 5.32 Å². The molecule has 2 rings (SSSR count). The topological polar surface area (TPSA) is 32.3 Å². The summed E-state index contributed by atoms with van der Waals surface area (Å²) in [4.78, 5) is 0. The van der Waals surface area contributed by atoms with Crippen molar-refractivity contribution in [3.8, 4) is 0 Å². The van der Waals surface area contributed by atoms with Crippen LogP contribution in [0.25, 0.3) is 0 Å². The lowest BCUT2D eigenvalue weighted by atomic mass is 9.74. The summed E-state index contributed by atoms with van der Waals surface area (Å²) in [5, 5.41) is 13.5. The zero-order valence-corrected chi connectivity index (χ0v) is 13.3. The maximum Gasteiger partial charge on any atom is 0.0669 e. The second-order valence-electron chi connectivity index (χ2n) is 7.55. The minimum absolute atomic E-state index is 0.199. The van der Waals surface area contributed by atoms with Gasteiger partial charge >= 0.3 is 0 Å². The molecule has 0 aliphatic heterocycles. The largest absolute Gasteiger partial charge is 0.392 e. The van der Waals surface area contributed by atoms with E-state index in [1.807, 2.05) is 0 Å². The quantitative estimate of drug-likeness (QED) is 0.860. The van der Waals surface area contributed by atoms with Crippen molar-refractivity contribution in [3.05, 3.63) is 35.4 Å². The molecule has 112 valence electrons. The first-order chi connectivity index (χ1) is 9.35. The first-order valence-corrected chi connectivity index (χ1v) is 7.82. The molecule has 0 bridgehead atoms. The first-order valence-electron chi connectivity index (χ1n) is 7.82. The van der Waals surface area contributed by atoms with Crippen molar-refractivity contribution in [2.45, 2.75) is 65.0 Å². The fourth-order valence-corrected chi connectivity index (χ4v) is 3.17. The predicted molar refractivity (Wildman–Crippen MR) is 85.0 cm³/mol. The van der Waals surface area contributed by atoms with Crippen LogP contribution in [0.3, 0.4) is 0 Å². The lowest BCUT2D eigenvalue weighted by Gasteiger charge is -2.38. The molecular formula is C18H29NO. The summed E-state index contributed by atoms with van der Waals surface area (Å²) in [6.45, 7) is 9.45. The van der Waals surface area contributed by atoms with Crippen LogP contribution >= 0.6 is 0 Å². The Morgan fingerprint density at radius 3 is 2.50 bits per heavy atom. The molecule has 0 amide bonds. The number of hydrogen-bond donors (Lipinski definition) is 2. The fraction of sp³-hybridized carbons (Fsp3) is 0.667. The molecule has 0 saturated heterocycles. The minimum Gasteiger partial charge on any atom is -0.392 e. The molecule has 1 unspecified atom stereocenters. The molecule has 0 spiro atoms. The third-order valence-corrected chi connectivity index (χ3v) is 4.26. The monoisotopic (exact) mass is 275 g/mol. The molecule has 1 aromatic rings. The van der Waals surface area contributed by atoms with Gasteiger partial charge in [0, 0.05) is 12.6 Å². The van der Waals surface area contributed by atoms with E-state index in [2.05, 4.69) is 57.3 Å². The lowest BCUT2D eigenvalue weighted by molar-refractivity contribution is 0.110. The van der Waals surface area contributed by atoms with Gasteiger partial charge in [-0.05, 0) is 48.6 Å². The van der Waals surface area contributed by atoms with Crippen LogP contribution in [0.5, 0.6) is 0 Å². The van der Waals surface area contributed by atoms with Gasteiger partial charge in [0.25, 0.3) is 0 Å². The standard InChI is InChI=1S/C18H29NO/c1-13-7-5-6-8-17(13)14-9-15(10-14)19-12-16(20)11-18(2,3)4/h5-8,14-16,19-20H,9-12H2,1-4H3. The number of aliphatic hydroxyl groups is 1. The molecular weight excluding hydrogens is 246 g/mol. The summed E-state index contributed by atoms with van der Waals surface area (Å²) in [6.07, 6.45) is 3.03. The van der Waals surface area contributed by atoms with Gasteiger partial charge in [0.15, 0.2) is 0 Å². The van der Waals surface area contributed by atoms with E-state index in [0.29, 0.717) is 12.0 Å².